The first-order chi connectivity index (χ1) is 8.54. The molecular formula is C10H9BrF6N2. The summed E-state index contributed by atoms with van der Waals surface area (Å²) in [7, 11) is 0. The van der Waals surface area contributed by atoms with E-state index in [4.69, 9.17) is 0 Å². The zero-order valence-corrected chi connectivity index (χ0v) is 11.1. The third kappa shape index (κ3) is 4.55. The standard InChI is InChI=1S/C10H9BrF6N2/c1-2-6(10(15,16)17)18-8-4-5(9(12,13)14)3-7(11)19-8/h3-4,6H,2H2,1H3,(H,18,19)/t6-/m1/s1. The minimum absolute atomic E-state index is 0.193. The lowest BCUT2D eigenvalue weighted by atomic mass is 10.2. The Balaban J connectivity index is 3.05. The molecule has 0 saturated carbocycles. The molecule has 0 fully saturated rings. The zero-order chi connectivity index (χ0) is 14.8. The van der Waals surface area contributed by atoms with Gasteiger partial charge in [0, 0.05) is 0 Å². The lowest BCUT2D eigenvalue weighted by Gasteiger charge is -2.21. The predicted octanol–water partition coefficient (Wildman–Crippen LogP) is 4.62. The molecule has 0 amide bonds. The van der Waals surface area contributed by atoms with Crippen molar-refractivity contribution >= 4 is 21.7 Å². The summed E-state index contributed by atoms with van der Waals surface area (Å²) in [6.45, 7) is 1.27. The molecule has 1 N–H and O–H groups in total. The Kier molecular flexibility index (Phi) is 4.70. The van der Waals surface area contributed by atoms with Crippen LogP contribution in [0.4, 0.5) is 32.2 Å². The van der Waals surface area contributed by atoms with Crippen LogP contribution in [-0.4, -0.2) is 17.2 Å². The first-order valence-electron chi connectivity index (χ1n) is 5.12. The summed E-state index contributed by atoms with van der Waals surface area (Å²) in [5, 5.41) is 1.96. The Bertz CT molecular complexity index is 443. The van der Waals surface area contributed by atoms with Gasteiger partial charge in [0.25, 0.3) is 0 Å². The number of halogens is 7. The number of nitrogens with one attached hydrogen (secondary N) is 1. The maximum absolute atomic E-state index is 12.5. The highest BCUT2D eigenvalue weighted by Gasteiger charge is 2.39. The summed E-state index contributed by atoms with van der Waals surface area (Å²) in [4.78, 5) is 3.55. The van der Waals surface area contributed by atoms with Gasteiger partial charge in [-0.05, 0) is 34.5 Å². The van der Waals surface area contributed by atoms with Crippen LogP contribution in [0.1, 0.15) is 18.9 Å². The van der Waals surface area contributed by atoms with Crippen molar-refractivity contribution in [3.05, 3.63) is 22.3 Å². The summed E-state index contributed by atoms with van der Waals surface area (Å²) in [5.74, 6) is -0.481. The molecule has 9 heteroatoms. The van der Waals surface area contributed by atoms with E-state index in [1.54, 1.807) is 0 Å². The van der Waals surface area contributed by atoms with E-state index in [0.717, 1.165) is 0 Å². The quantitative estimate of drug-likeness (QED) is 0.635. The first-order valence-corrected chi connectivity index (χ1v) is 5.91. The van der Waals surface area contributed by atoms with Gasteiger partial charge in [0.1, 0.15) is 16.5 Å². The van der Waals surface area contributed by atoms with Crippen LogP contribution in [0.2, 0.25) is 0 Å². The third-order valence-electron chi connectivity index (χ3n) is 2.25. The number of rotatable bonds is 3. The smallest absolute Gasteiger partial charge is 0.359 e. The van der Waals surface area contributed by atoms with Gasteiger partial charge < -0.3 is 5.32 Å². The molecule has 2 nitrogen and oxygen atoms in total. The van der Waals surface area contributed by atoms with Crippen molar-refractivity contribution in [3.63, 3.8) is 0 Å². The summed E-state index contributed by atoms with van der Waals surface area (Å²) in [5.41, 5.74) is -1.08. The summed E-state index contributed by atoms with van der Waals surface area (Å²) in [6, 6.07) is -0.714. The molecule has 108 valence electrons. The monoisotopic (exact) mass is 350 g/mol. The largest absolute Gasteiger partial charge is 0.416 e. The van der Waals surface area contributed by atoms with Crippen LogP contribution in [-0.2, 0) is 6.18 Å². The number of nitrogens with zero attached hydrogens (tertiary/aromatic N) is 1. The van der Waals surface area contributed by atoms with Crippen LogP contribution in [0.15, 0.2) is 16.7 Å². The Morgan fingerprint density at radius 3 is 2.21 bits per heavy atom. The Labute approximate surface area is 113 Å². The molecule has 0 saturated heterocycles. The number of pyridine rings is 1. The minimum atomic E-state index is -4.65. The summed E-state index contributed by atoms with van der Waals surface area (Å²) >= 11 is 2.74. The van der Waals surface area contributed by atoms with E-state index < -0.39 is 29.8 Å². The van der Waals surface area contributed by atoms with Crippen molar-refractivity contribution in [2.45, 2.75) is 31.7 Å². The zero-order valence-electron chi connectivity index (χ0n) is 9.53. The molecule has 0 radical (unpaired) electrons. The van der Waals surface area contributed by atoms with Crippen LogP contribution >= 0.6 is 15.9 Å². The van der Waals surface area contributed by atoms with Gasteiger partial charge in [-0.2, -0.15) is 26.3 Å². The van der Waals surface area contributed by atoms with E-state index in [-0.39, 0.29) is 11.0 Å². The van der Waals surface area contributed by atoms with Crippen molar-refractivity contribution in [3.8, 4) is 0 Å². The van der Waals surface area contributed by atoms with E-state index in [1.807, 2.05) is 5.32 Å². The maximum atomic E-state index is 12.5. The van der Waals surface area contributed by atoms with E-state index >= 15 is 0 Å². The van der Waals surface area contributed by atoms with Crippen molar-refractivity contribution in [1.82, 2.24) is 4.98 Å². The molecule has 0 aliphatic rings. The predicted molar refractivity (Wildman–Crippen MR) is 60.7 cm³/mol. The highest BCUT2D eigenvalue weighted by molar-refractivity contribution is 9.10. The molecule has 1 atom stereocenters. The second kappa shape index (κ2) is 5.56. The van der Waals surface area contributed by atoms with Gasteiger partial charge in [-0.1, -0.05) is 6.92 Å². The fourth-order valence-electron chi connectivity index (χ4n) is 1.33. The molecule has 1 aromatic rings. The molecule has 1 aromatic heterocycles. The molecular weight excluding hydrogens is 342 g/mol. The normalized spacial score (nSPS) is 14.3. The molecule has 19 heavy (non-hydrogen) atoms. The Morgan fingerprint density at radius 2 is 1.79 bits per heavy atom. The van der Waals surface area contributed by atoms with Crippen molar-refractivity contribution in [1.29, 1.82) is 0 Å². The minimum Gasteiger partial charge on any atom is -0.359 e. The fourth-order valence-corrected chi connectivity index (χ4v) is 1.77. The molecule has 0 aliphatic carbocycles. The Hall–Kier alpha value is -0.990. The highest BCUT2D eigenvalue weighted by Crippen LogP contribution is 2.33. The molecule has 0 aliphatic heterocycles. The molecule has 0 bridgehead atoms. The molecule has 1 rings (SSSR count). The van der Waals surface area contributed by atoms with Gasteiger partial charge in [0.15, 0.2) is 0 Å². The molecule has 1 heterocycles. The number of aromatic nitrogens is 1. The van der Waals surface area contributed by atoms with Crippen molar-refractivity contribution in [2.24, 2.45) is 0 Å². The number of hydrogen-bond donors (Lipinski definition) is 1. The van der Waals surface area contributed by atoms with Gasteiger partial charge in [0.05, 0.1) is 5.56 Å². The van der Waals surface area contributed by atoms with Gasteiger partial charge in [-0.3, -0.25) is 0 Å². The summed E-state index contributed by atoms with van der Waals surface area (Å²) in [6.07, 6.45) is -9.53. The third-order valence-corrected chi connectivity index (χ3v) is 2.65. The topological polar surface area (TPSA) is 24.9 Å². The van der Waals surface area contributed by atoms with Crippen LogP contribution in [0.5, 0.6) is 0 Å². The van der Waals surface area contributed by atoms with Crippen molar-refractivity contribution < 1.29 is 26.3 Å². The average Bonchev–Trinajstić information content (AvgIpc) is 2.22. The van der Waals surface area contributed by atoms with Crippen LogP contribution < -0.4 is 5.32 Å². The summed E-state index contributed by atoms with van der Waals surface area (Å²) < 4.78 is 74.9. The number of alkyl halides is 6. The van der Waals surface area contributed by atoms with Gasteiger partial charge >= 0.3 is 12.4 Å². The molecule has 0 unspecified atom stereocenters. The van der Waals surface area contributed by atoms with Gasteiger partial charge in [-0.25, -0.2) is 4.98 Å². The SMILES string of the molecule is CC[C@@H](Nc1cc(C(F)(F)F)cc(Br)n1)C(F)(F)F. The van der Waals surface area contributed by atoms with Crippen LogP contribution in [0, 0.1) is 0 Å². The van der Waals surface area contributed by atoms with Crippen LogP contribution in [0.25, 0.3) is 0 Å². The van der Waals surface area contributed by atoms with E-state index in [9.17, 15) is 26.3 Å². The van der Waals surface area contributed by atoms with Gasteiger partial charge in [0.2, 0.25) is 0 Å². The van der Waals surface area contributed by atoms with Crippen molar-refractivity contribution in [2.75, 3.05) is 5.32 Å². The lowest BCUT2D eigenvalue weighted by molar-refractivity contribution is -0.142. The molecule has 0 aromatic carbocycles. The van der Waals surface area contributed by atoms with E-state index in [1.165, 1.54) is 6.92 Å². The molecule has 0 spiro atoms. The lowest BCUT2D eigenvalue weighted by Crippen LogP contribution is -2.35. The second-order valence-electron chi connectivity index (χ2n) is 3.71. The number of anilines is 1. The van der Waals surface area contributed by atoms with E-state index in [2.05, 4.69) is 20.9 Å². The first kappa shape index (κ1) is 16.1. The van der Waals surface area contributed by atoms with Gasteiger partial charge in [-0.15, -0.1) is 0 Å². The highest BCUT2D eigenvalue weighted by atomic mass is 79.9. The Morgan fingerprint density at radius 1 is 1.21 bits per heavy atom. The second-order valence-corrected chi connectivity index (χ2v) is 4.52. The van der Waals surface area contributed by atoms with Crippen LogP contribution in [0.3, 0.4) is 0 Å². The fraction of sp³-hybridized carbons (Fsp3) is 0.500. The average molecular weight is 351 g/mol. The number of hydrogen-bond acceptors (Lipinski definition) is 2. The maximum Gasteiger partial charge on any atom is 0.416 e. The van der Waals surface area contributed by atoms with E-state index in [0.29, 0.717) is 12.1 Å².